The van der Waals surface area contributed by atoms with Gasteiger partial charge in [-0.3, -0.25) is 0 Å². The second kappa shape index (κ2) is 5.70. The summed E-state index contributed by atoms with van der Waals surface area (Å²) in [4.78, 5) is 2.22. The van der Waals surface area contributed by atoms with Crippen molar-refractivity contribution in [2.24, 2.45) is 5.92 Å². The Labute approximate surface area is 108 Å². The predicted molar refractivity (Wildman–Crippen MR) is 72.3 cm³/mol. The van der Waals surface area contributed by atoms with Gasteiger partial charge in [0.15, 0.2) is 0 Å². The Morgan fingerprint density at radius 1 is 1.33 bits per heavy atom. The Bertz CT molecular complexity index is 405. The second-order valence-corrected chi connectivity index (χ2v) is 5.37. The van der Waals surface area contributed by atoms with E-state index in [2.05, 4.69) is 11.8 Å². The summed E-state index contributed by atoms with van der Waals surface area (Å²) in [6, 6.07) is 5.07. The molecule has 0 amide bonds. The first-order valence-electron chi connectivity index (χ1n) is 6.81. The highest BCUT2D eigenvalue weighted by atomic mass is 19.1. The molecule has 0 aromatic heterocycles. The molecule has 1 aromatic rings. The molecule has 1 saturated heterocycles. The Balaban J connectivity index is 2.29. The molecule has 0 aliphatic carbocycles. The second-order valence-electron chi connectivity index (χ2n) is 5.37. The minimum atomic E-state index is -0.762. The largest absolute Gasteiger partial charge is 0.389 e. The van der Waals surface area contributed by atoms with Gasteiger partial charge in [0.05, 0.1) is 6.10 Å². The van der Waals surface area contributed by atoms with Crippen LogP contribution in [0.4, 0.5) is 10.1 Å². The van der Waals surface area contributed by atoms with E-state index in [0.717, 1.165) is 37.5 Å². The van der Waals surface area contributed by atoms with Crippen molar-refractivity contribution in [3.63, 3.8) is 0 Å². The van der Waals surface area contributed by atoms with Crippen molar-refractivity contribution in [2.75, 3.05) is 18.0 Å². The molecule has 2 unspecified atom stereocenters. The third-order valence-corrected chi connectivity index (χ3v) is 3.81. The van der Waals surface area contributed by atoms with E-state index in [1.54, 1.807) is 13.0 Å². The third kappa shape index (κ3) is 2.83. The Hall–Kier alpha value is -1.09. The molecule has 0 spiro atoms. The minimum Gasteiger partial charge on any atom is -0.389 e. The van der Waals surface area contributed by atoms with E-state index in [1.165, 1.54) is 12.5 Å². The summed E-state index contributed by atoms with van der Waals surface area (Å²) in [5.74, 6) is 0.429. The number of hydrogen-bond donors (Lipinski definition) is 1. The molecule has 0 bridgehead atoms. The van der Waals surface area contributed by atoms with Crippen molar-refractivity contribution < 1.29 is 9.50 Å². The molecule has 2 nitrogen and oxygen atoms in total. The molecule has 0 saturated carbocycles. The van der Waals surface area contributed by atoms with Gasteiger partial charge >= 0.3 is 0 Å². The van der Waals surface area contributed by atoms with Gasteiger partial charge in [-0.05, 0) is 44.2 Å². The van der Waals surface area contributed by atoms with Crippen molar-refractivity contribution in [3.8, 4) is 0 Å². The minimum absolute atomic E-state index is 0.306. The number of anilines is 1. The molecule has 100 valence electrons. The number of aliphatic hydroxyl groups excluding tert-OH is 1. The van der Waals surface area contributed by atoms with E-state index in [1.807, 2.05) is 6.07 Å². The molecule has 1 aliphatic rings. The number of benzene rings is 1. The van der Waals surface area contributed by atoms with E-state index in [4.69, 9.17) is 0 Å². The van der Waals surface area contributed by atoms with Gasteiger partial charge in [0.1, 0.15) is 5.82 Å². The van der Waals surface area contributed by atoms with Crippen LogP contribution < -0.4 is 4.90 Å². The Morgan fingerprint density at radius 2 is 2.11 bits per heavy atom. The van der Waals surface area contributed by atoms with Gasteiger partial charge in [-0.1, -0.05) is 13.0 Å². The van der Waals surface area contributed by atoms with Gasteiger partial charge in [0.25, 0.3) is 0 Å². The highest BCUT2D eigenvalue weighted by molar-refractivity contribution is 5.55. The molecule has 18 heavy (non-hydrogen) atoms. The number of halogens is 1. The highest BCUT2D eigenvalue weighted by Crippen LogP contribution is 2.31. The van der Waals surface area contributed by atoms with Crippen LogP contribution in [-0.2, 0) is 0 Å². The van der Waals surface area contributed by atoms with Crippen LogP contribution in [0.25, 0.3) is 0 Å². The zero-order valence-corrected chi connectivity index (χ0v) is 11.2. The lowest BCUT2D eigenvalue weighted by Crippen LogP contribution is -2.26. The predicted octanol–water partition coefficient (Wildman–Crippen LogP) is 3.51. The van der Waals surface area contributed by atoms with Crippen molar-refractivity contribution >= 4 is 5.69 Å². The van der Waals surface area contributed by atoms with Crippen LogP contribution in [0.1, 0.15) is 44.8 Å². The summed E-state index contributed by atoms with van der Waals surface area (Å²) >= 11 is 0. The summed E-state index contributed by atoms with van der Waals surface area (Å²) in [5, 5.41) is 9.77. The maximum absolute atomic E-state index is 13.8. The first-order chi connectivity index (χ1) is 8.59. The summed E-state index contributed by atoms with van der Waals surface area (Å²) in [6.45, 7) is 5.80. The average molecular weight is 251 g/mol. The fourth-order valence-electron chi connectivity index (χ4n) is 2.72. The quantitative estimate of drug-likeness (QED) is 0.869. The molecule has 1 heterocycles. The zero-order valence-electron chi connectivity index (χ0n) is 11.2. The normalized spacial score (nSPS) is 22.7. The molecule has 1 N–H and O–H groups in total. The first kappa shape index (κ1) is 13.3. The molecule has 3 heteroatoms. The van der Waals surface area contributed by atoms with Gasteiger partial charge in [-0.15, -0.1) is 0 Å². The molecule has 0 radical (unpaired) electrons. The van der Waals surface area contributed by atoms with E-state index in [9.17, 15) is 9.50 Å². The van der Waals surface area contributed by atoms with Crippen LogP contribution in [-0.4, -0.2) is 18.2 Å². The first-order valence-corrected chi connectivity index (χ1v) is 6.81. The van der Waals surface area contributed by atoms with Gasteiger partial charge in [0.2, 0.25) is 0 Å². The van der Waals surface area contributed by atoms with Gasteiger partial charge in [0, 0.05) is 24.3 Å². The van der Waals surface area contributed by atoms with E-state index >= 15 is 0 Å². The molecule has 1 aliphatic heterocycles. The molecule has 1 aromatic carbocycles. The SMILES string of the molecule is CC1CCCN(c2cccc(F)c2C(C)O)CC1. The smallest absolute Gasteiger partial charge is 0.131 e. The topological polar surface area (TPSA) is 23.5 Å². The van der Waals surface area contributed by atoms with Crippen LogP contribution in [0.5, 0.6) is 0 Å². The summed E-state index contributed by atoms with van der Waals surface area (Å²) in [7, 11) is 0. The lowest BCUT2D eigenvalue weighted by Gasteiger charge is -2.26. The van der Waals surface area contributed by atoms with Gasteiger partial charge in [-0.2, -0.15) is 0 Å². The van der Waals surface area contributed by atoms with Crippen molar-refractivity contribution in [2.45, 2.75) is 39.2 Å². The molecule has 2 atom stereocenters. The molecule has 1 fully saturated rings. The molecular formula is C15H22FNO. The molecular weight excluding hydrogens is 229 g/mol. The van der Waals surface area contributed by atoms with Gasteiger partial charge < -0.3 is 10.0 Å². The molecule has 2 rings (SSSR count). The van der Waals surface area contributed by atoms with Crippen LogP contribution in [0.3, 0.4) is 0 Å². The van der Waals surface area contributed by atoms with Gasteiger partial charge in [-0.25, -0.2) is 4.39 Å². The number of aliphatic hydroxyl groups is 1. The summed E-state index contributed by atoms with van der Waals surface area (Å²) < 4.78 is 13.8. The fraction of sp³-hybridized carbons (Fsp3) is 0.600. The summed E-state index contributed by atoms with van der Waals surface area (Å²) in [6.07, 6.45) is 2.74. The van der Waals surface area contributed by atoms with E-state index in [-0.39, 0.29) is 5.82 Å². The maximum atomic E-state index is 13.8. The fourth-order valence-corrected chi connectivity index (χ4v) is 2.72. The van der Waals surface area contributed by atoms with Crippen LogP contribution in [0.15, 0.2) is 18.2 Å². The Morgan fingerprint density at radius 3 is 2.83 bits per heavy atom. The summed E-state index contributed by atoms with van der Waals surface area (Å²) in [5.41, 5.74) is 1.30. The van der Waals surface area contributed by atoms with E-state index in [0.29, 0.717) is 5.56 Å². The average Bonchev–Trinajstić information content (AvgIpc) is 2.53. The third-order valence-electron chi connectivity index (χ3n) is 3.81. The standard InChI is InChI=1S/C15H22FNO/c1-11-5-4-9-17(10-8-11)14-7-3-6-13(16)15(14)12(2)18/h3,6-7,11-12,18H,4-5,8-10H2,1-2H3. The highest BCUT2D eigenvalue weighted by Gasteiger charge is 2.20. The number of rotatable bonds is 2. The van der Waals surface area contributed by atoms with Crippen molar-refractivity contribution in [1.29, 1.82) is 0 Å². The van der Waals surface area contributed by atoms with Crippen LogP contribution in [0, 0.1) is 11.7 Å². The van der Waals surface area contributed by atoms with Crippen molar-refractivity contribution in [3.05, 3.63) is 29.6 Å². The monoisotopic (exact) mass is 251 g/mol. The van der Waals surface area contributed by atoms with Crippen LogP contribution >= 0.6 is 0 Å². The number of nitrogens with zero attached hydrogens (tertiary/aromatic N) is 1. The van der Waals surface area contributed by atoms with Crippen molar-refractivity contribution in [1.82, 2.24) is 0 Å². The number of hydrogen-bond acceptors (Lipinski definition) is 2. The maximum Gasteiger partial charge on any atom is 0.131 e. The van der Waals surface area contributed by atoms with Crippen LogP contribution in [0.2, 0.25) is 0 Å². The lowest BCUT2D eigenvalue weighted by atomic mass is 10.0. The zero-order chi connectivity index (χ0) is 13.1. The Kier molecular flexibility index (Phi) is 4.23. The van der Waals surface area contributed by atoms with E-state index < -0.39 is 6.10 Å². The lowest BCUT2D eigenvalue weighted by molar-refractivity contribution is 0.194.